The summed E-state index contributed by atoms with van der Waals surface area (Å²) in [6, 6.07) is 5.67. The van der Waals surface area contributed by atoms with Gasteiger partial charge in [-0.15, -0.1) is 0 Å². The van der Waals surface area contributed by atoms with Gasteiger partial charge in [0.05, 0.1) is 10.5 Å². The molecule has 0 amide bonds. The standard InChI is InChI=1S/C11H11ClN4/c1-14-5-4-11-15-9(6-13)10-3-2-8(12)7-16(10)11/h2-3,7,14H,4-5H2,1H3. The van der Waals surface area contributed by atoms with E-state index in [0.29, 0.717) is 10.7 Å². The number of aromatic nitrogens is 2. The van der Waals surface area contributed by atoms with Crippen LogP contribution in [0.1, 0.15) is 11.5 Å². The first-order valence-corrected chi connectivity index (χ1v) is 5.35. The third-order valence-electron chi connectivity index (χ3n) is 2.38. The summed E-state index contributed by atoms with van der Waals surface area (Å²) in [6.07, 6.45) is 2.55. The molecule has 82 valence electrons. The number of halogens is 1. The maximum atomic E-state index is 8.97. The summed E-state index contributed by atoms with van der Waals surface area (Å²) in [6.45, 7) is 0.816. The van der Waals surface area contributed by atoms with Gasteiger partial charge in [0, 0.05) is 19.2 Å². The minimum Gasteiger partial charge on any atom is -0.319 e. The Balaban J connectivity index is 2.56. The molecule has 0 aromatic carbocycles. The maximum absolute atomic E-state index is 8.97. The predicted octanol–water partition coefficient (Wildman–Crippen LogP) is 1.62. The smallest absolute Gasteiger partial charge is 0.166 e. The molecule has 2 heterocycles. The number of nitriles is 1. The van der Waals surface area contributed by atoms with Crippen molar-refractivity contribution in [2.75, 3.05) is 13.6 Å². The SMILES string of the molecule is CNCCc1nc(C#N)c2ccc(Cl)cn12. The zero-order valence-electron chi connectivity index (χ0n) is 8.87. The lowest BCUT2D eigenvalue weighted by atomic mass is 10.3. The van der Waals surface area contributed by atoms with Crippen molar-refractivity contribution in [1.82, 2.24) is 14.7 Å². The molecule has 0 aliphatic rings. The van der Waals surface area contributed by atoms with Crippen molar-refractivity contribution in [3.63, 3.8) is 0 Å². The Kier molecular flexibility index (Phi) is 3.09. The van der Waals surface area contributed by atoms with Gasteiger partial charge in [-0.25, -0.2) is 4.98 Å². The number of nitrogens with one attached hydrogen (secondary N) is 1. The van der Waals surface area contributed by atoms with Gasteiger partial charge >= 0.3 is 0 Å². The Morgan fingerprint density at radius 2 is 2.38 bits per heavy atom. The molecule has 1 N–H and O–H groups in total. The van der Waals surface area contributed by atoms with Gasteiger partial charge in [-0.05, 0) is 19.2 Å². The second kappa shape index (κ2) is 4.52. The van der Waals surface area contributed by atoms with Crippen molar-refractivity contribution in [2.45, 2.75) is 6.42 Å². The first kappa shape index (κ1) is 10.9. The molecular formula is C11H11ClN4. The van der Waals surface area contributed by atoms with E-state index < -0.39 is 0 Å². The molecular weight excluding hydrogens is 224 g/mol. The zero-order valence-corrected chi connectivity index (χ0v) is 9.62. The second-order valence-corrected chi connectivity index (χ2v) is 3.88. The summed E-state index contributed by atoms with van der Waals surface area (Å²) in [5.41, 5.74) is 1.25. The first-order valence-electron chi connectivity index (χ1n) is 4.97. The normalized spacial score (nSPS) is 10.6. The number of hydrogen-bond donors (Lipinski definition) is 1. The van der Waals surface area contributed by atoms with E-state index in [1.807, 2.05) is 17.5 Å². The fraction of sp³-hybridized carbons (Fsp3) is 0.273. The molecule has 0 radical (unpaired) electrons. The third-order valence-corrected chi connectivity index (χ3v) is 2.60. The molecule has 16 heavy (non-hydrogen) atoms. The molecule has 2 aromatic heterocycles. The molecule has 4 nitrogen and oxygen atoms in total. The van der Waals surface area contributed by atoms with Crippen molar-refractivity contribution < 1.29 is 0 Å². The number of nitrogens with zero attached hydrogens (tertiary/aromatic N) is 3. The number of imidazole rings is 1. The summed E-state index contributed by atoms with van der Waals surface area (Å²) < 4.78 is 1.87. The van der Waals surface area contributed by atoms with Crippen LogP contribution < -0.4 is 5.32 Å². The molecule has 0 aliphatic heterocycles. The first-order chi connectivity index (χ1) is 7.76. The van der Waals surface area contributed by atoms with Crippen molar-refractivity contribution in [2.24, 2.45) is 0 Å². The zero-order chi connectivity index (χ0) is 11.5. The maximum Gasteiger partial charge on any atom is 0.166 e. The Hall–Kier alpha value is -1.57. The minimum absolute atomic E-state index is 0.447. The highest BCUT2D eigenvalue weighted by atomic mass is 35.5. The van der Waals surface area contributed by atoms with Crippen LogP contribution in [0.2, 0.25) is 5.02 Å². The van der Waals surface area contributed by atoms with Crippen LogP contribution in [-0.4, -0.2) is 23.0 Å². The predicted molar refractivity (Wildman–Crippen MR) is 62.5 cm³/mol. The van der Waals surface area contributed by atoms with Crippen LogP contribution in [0.15, 0.2) is 18.3 Å². The van der Waals surface area contributed by atoms with Gasteiger partial charge in [0.2, 0.25) is 0 Å². The molecule has 0 spiro atoms. The highest BCUT2D eigenvalue weighted by Gasteiger charge is 2.10. The second-order valence-electron chi connectivity index (χ2n) is 3.44. The van der Waals surface area contributed by atoms with Gasteiger partial charge in [-0.2, -0.15) is 5.26 Å². The summed E-state index contributed by atoms with van der Waals surface area (Å²) in [5, 5.41) is 12.7. The lowest BCUT2D eigenvalue weighted by molar-refractivity contribution is 0.753. The van der Waals surface area contributed by atoms with Crippen molar-refractivity contribution in [3.8, 4) is 6.07 Å². The molecule has 0 atom stereocenters. The van der Waals surface area contributed by atoms with Gasteiger partial charge in [0.25, 0.3) is 0 Å². The Bertz CT molecular complexity index is 553. The van der Waals surface area contributed by atoms with E-state index in [9.17, 15) is 0 Å². The number of hydrogen-bond acceptors (Lipinski definition) is 3. The van der Waals surface area contributed by atoms with Gasteiger partial charge in [0.15, 0.2) is 5.69 Å². The van der Waals surface area contributed by atoms with E-state index in [1.54, 1.807) is 12.3 Å². The van der Waals surface area contributed by atoms with E-state index in [-0.39, 0.29) is 0 Å². The van der Waals surface area contributed by atoms with Crippen LogP contribution in [-0.2, 0) is 6.42 Å². The van der Waals surface area contributed by atoms with E-state index in [1.165, 1.54) is 0 Å². The van der Waals surface area contributed by atoms with E-state index >= 15 is 0 Å². The molecule has 0 unspecified atom stereocenters. The highest BCUT2D eigenvalue weighted by molar-refractivity contribution is 6.30. The minimum atomic E-state index is 0.447. The molecule has 2 aromatic rings. The molecule has 5 heteroatoms. The molecule has 0 bridgehead atoms. The fourth-order valence-corrected chi connectivity index (χ4v) is 1.78. The summed E-state index contributed by atoms with van der Waals surface area (Å²) >= 11 is 5.93. The molecule has 0 fully saturated rings. The van der Waals surface area contributed by atoms with Crippen LogP contribution in [0, 0.1) is 11.3 Å². The summed E-state index contributed by atoms with van der Waals surface area (Å²) in [7, 11) is 1.88. The number of fused-ring (bicyclic) bond motifs is 1. The van der Waals surface area contributed by atoms with Crippen LogP contribution in [0.4, 0.5) is 0 Å². The molecule has 2 rings (SSSR count). The van der Waals surface area contributed by atoms with Crippen LogP contribution in [0.5, 0.6) is 0 Å². The third kappa shape index (κ3) is 1.87. The monoisotopic (exact) mass is 234 g/mol. The van der Waals surface area contributed by atoms with Gasteiger partial charge in [-0.3, -0.25) is 0 Å². The van der Waals surface area contributed by atoms with Gasteiger partial charge in [-0.1, -0.05) is 11.6 Å². The topological polar surface area (TPSA) is 53.1 Å². The van der Waals surface area contributed by atoms with Gasteiger partial charge in [0.1, 0.15) is 11.9 Å². The number of pyridine rings is 1. The number of rotatable bonds is 3. The van der Waals surface area contributed by atoms with Crippen molar-refractivity contribution in [3.05, 3.63) is 34.9 Å². The van der Waals surface area contributed by atoms with E-state index in [4.69, 9.17) is 16.9 Å². The average molecular weight is 235 g/mol. The molecule has 0 aliphatic carbocycles. The van der Waals surface area contributed by atoms with Gasteiger partial charge < -0.3 is 9.72 Å². The van der Waals surface area contributed by atoms with Crippen LogP contribution in [0.25, 0.3) is 5.52 Å². The van der Waals surface area contributed by atoms with Crippen molar-refractivity contribution in [1.29, 1.82) is 5.26 Å². The summed E-state index contributed by atoms with van der Waals surface area (Å²) in [5.74, 6) is 0.850. The Morgan fingerprint density at radius 1 is 1.56 bits per heavy atom. The Morgan fingerprint density at radius 3 is 3.06 bits per heavy atom. The van der Waals surface area contributed by atoms with E-state index in [2.05, 4.69) is 16.4 Å². The highest BCUT2D eigenvalue weighted by Crippen LogP contribution is 2.17. The fourth-order valence-electron chi connectivity index (χ4n) is 1.62. The van der Waals surface area contributed by atoms with Crippen LogP contribution in [0.3, 0.4) is 0 Å². The van der Waals surface area contributed by atoms with Crippen molar-refractivity contribution >= 4 is 17.1 Å². The van der Waals surface area contributed by atoms with Crippen LogP contribution >= 0.6 is 11.6 Å². The molecule has 0 saturated heterocycles. The summed E-state index contributed by atoms with van der Waals surface area (Å²) in [4.78, 5) is 4.29. The lowest BCUT2D eigenvalue weighted by Gasteiger charge is -2.00. The quantitative estimate of drug-likeness (QED) is 0.878. The number of likely N-dealkylation sites (N-methyl/N-ethyl adjacent to an activating group) is 1. The molecule has 0 saturated carbocycles. The largest absolute Gasteiger partial charge is 0.319 e. The van der Waals surface area contributed by atoms with E-state index in [0.717, 1.165) is 24.3 Å². The average Bonchev–Trinajstić information content (AvgIpc) is 2.64. The lowest BCUT2D eigenvalue weighted by Crippen LogP contribution is -2.12. The Labute approximate surface area is 98.5 Å².